The Hall–Kier alpha value is -0.280. The first-order valence-electron chi connectivity index (χ1n) is 12.3. The van der Waals surface area contributed by atoms with Gasteiger partial charge in [-0.05, 0) is 37.8 Å². The fourth-order valence-electron chi connectivity index (χ4n) is 3.20. The molecule has 0 bridgehead atoms. The molecule has 0 aliphatic heterocycles. The molecule has 206 valence electrons. The predicted octanol–water partition coefficient (Wildman–Crippen LogP) is 4.11. The molecule has 0 radical (unpaired) electrons. The van der Waals surface area contributed by atoms with E-state index in [-0.39, 0.29) is 25.4 Å². The van der Waals surface area contributed by atoms with E-state index in [0.29, 0.717) is 13.0 Å². The van der Waals surface area contributed by atoms with Gasteiger partial charge in [-0.15, -0.1) is 0 Å². The minimum atomic E-state index is -2.61. The summed E-state index contributed by atoms with van der Waals surface area (Å²) >= 11 is 0. The van der Waals surface area contributed by atoms with Crippen LogP contribution >= 0.6 is 17.2 Å². The van der Waals surface area contributed by atoms with Crippen molar-refractivity contribution >= 4 is 17.2 Å². The van der Waals surface area contributed by atoms with Crippen molar-refractivity contribution in [2.45, 2.75) is 96.9 Å². The molecule has 1 aromatic carbocycles. The summed E-state index contributed by atoms with van der Waals surface area (Å²) in [6, 6.07) is 8.62. The average molecular weight is 541 g/mol. The van der Waals surface area contributed by atoms with Gasteiger partial charge in [0, 0.05) is 6.42 Å². The van der Waals surface area contributed by atoms with Crippen molar-refractivity contribution in [2.24, 2.45) is 0 Å². The van der Waals surface area contributed by atoms with Gasteiger partial charge in [0.15, 0.2) is 0 Å². The lowest BCUT2D eigenvalue weighted by Gasteiger charge is -2.18. The number of benzene rings is 1. The number of hydrogen-bond acceptors (Lipinski definition) is 9. The molecule has 1 rings (SSSR count). The molecule has 0 heterocycles. The highest BCUT2D eigenvalue weighted by atomic mass is 31.2. The number of rotatable bonds is 19. The van der Waals surface area contributed by atoms with Gasteiger partial charge in [0.25, 0.3) is 0 Å². The van der Waals surface area contributed by atoms with E-state index in [4.69, 9.17) is 34.2 Å². The minimum absolute atomic E-state index is 0.00426. The van der Waals surface area contributed by atoms with Gasteiger partial charge >= 0.3 is 17.2 Å². The third-order valence-corrected chi connectivity index (χ3v) is 6.32. The number of aliphatic hydroxyl groups is 2. The van der Waals surface area contributed by atoms with Crippen LogP contribution in [0.5, 0.6) is 0 Å². The van der Waals surface area contributed by atoms with Crippen LogP contribution in [0, 0.1) is 0 Å². The summed E-state index contributed by atoms with van der Waals surface area (Å²) in [4.78, 5) is 31.3. The molecule has 0 amide bonds. The third kappa shape index (κ3) is 22.6. The molecule has 3 unspecified atom stereocenters. The third-order valence-electron chi connectivity index (χ3n) is 5.16. The number of unbranched alkanes of at least 4 members (excludes halogenated alkanes) is 6. The van der Waals surface area contributed by atoms with Crippen molar-refractivity contribution in [1.82, 2.24) is 0 Å². The van der Waals surface area contributed by atoms with Crippen molar-refractivity contribution in [3.05, 3.63) is 35.4 Å². The maximum Gasteiger partial charge on any atom is 0.334 e. The topological polar surface area (TPSA) is 149 Å². The van der Waals surface area contributed by atoms with E-state index in [9.17, 15) is 5.11 Å². The Morgan fingerprint density at radius 3 is 1.77 bits per heavy atom. The Bertz CT molecular complexity index is 585. The summed E-state index contributed by atoms with van der Waals surface area (Å²) in [5.41, 5.74) is 2.52. The van der Waals surface area contributed by atoms with E-state index in [1.807, 2.05) is 13.8 Å². The van der Waals surface area contributed by atoms with Crippen molar-refractivity contribution in [3.8, 4) is 0 Å². The Morgan fingerprint density at radius 2 is 1.26 bits per heavy atom. The molecular formula is C24H46O9P2. The number of ether oxygens (including phenoxy) is 2. The first kappa shape index (κ1) is 34.7. The Labute approximate surface area is 213 Å². The van der Waals surface area contributed by atoms with Crippen LogP contribution in [0.4, 0.5) is 0 Å². The summed E-state index contributed by atoms with van der Waals surface area (Å²) in [5.74, 6) is 0. The highest BCUT2D eigenvalue weighted by Crippen LogP contribution is 2.41. The van der Waals surface area contributed by atoms with Gasteiger partial charge in [-0.2, -0.15) is 0 Å². The number of hydrogen-bond donors (Lipinski definition) is 6. The van der Waals surface area contributed by atoms with Crippen LogP contribution in [0.2, 0.25) is 0 Å². The maximum atomic E-state index is 10.2. The Kier molecular flexibility index (Phi) is 22.7. The molecule has 0 aromatic heterocycles. The van der Waals surface area contributed by atoms with Crippen molar-refractivity contribution in [3.63, 3.8) is 0 Å². The van der Waals surface area contributed by atoms with Gasteiger partial charge in [0.05, 0.1) is 38.1 Å². The van der Waals surface area contributed by atoms with Crippen LogP contribution in [0.25, 0.3) is 0 Å². The zero-order chi connectivity index (χ0) is 26.5. The summed E-state index contributed by atoms with van der Waals surface area (Å²) in [6.45, 7) is 6.70. The highest BCUT2D eigenvalue weighted by molar-refractivity contribution is 7.53. The van der Waals surface area contributed by atoms with E-state index in [0.717, 1.165) is 12.0 Å². The predicted molar refractivity (Wildman–Crippen MR) is 140 cm³/mol. The Morgan fingerprint density at radius 1 is 0.743 bits per heavy atom. The van der Waals surface area contributed by atoms with Gasteiger partial charge < -0.3 is 39.3 Å². The summed E-state index contributed by atoms with van der Waals surface area (Å²) < 4.78 is 14.7. The molecule has 0 saturated carbocycles. The molecule has 0 spiro atoms. The fourth-order valence-corrected chi connectivity index (χ4v) is 3.72. The van der Waals surface area contributed by atoms with E-state index < -0.39 is 23.3 Å². The molecule has 0 aliphatic carbocycles. The normalized spacial score (nSPS) is 14.0. The van der Waals surface area contributed by atoms with Crippen LogP contribution in [-0.4, -0.2) is 67.9 Å². The maximum absolute atomic E-state index is 10.2. The van der Waals surface area contributed by atoms with Gasteiger partial charge in [0.1, 0.15) is 0 Å². The van der Waals surface area contributed by atoms with Crippen LogP contribution in [0.3, 0.4) is 0 Å². The van der Waals surface area contributed by atoms with Crippen molar-refractivity contribution in [2.75, 3.05) is 19.8 Å². The van der Waals surface area contributed by atoms with E-state index >= 15 is 0 Å². The molecular weight excluding hydrogens is 494 g/mol. The molecule has 35 heavy (non-hydrogen) atoms. The van der Waals surface area contributed by atoms with Gasteiger partial charge in [0.2, 0.25) is 0 Å². The van der Waals surface area contributed by atoms with Crippen LogP contribution < -0.4 is 0 Å². The van der Waals surface area contributed by atoms with Crippen LogP contribution in [0.1, 0.15) is 76.8 Å². The number of aliphatic hydroxyl groups excluding tert-OH is 2. The summed E-state index contributed by atoms with van der Waals surface area (Å²) in [5, 5.41) is 19.1. The molecule has 0 fully saturated rings. The first-order valence-corrected chi connectivity index (χ1v) is 14.6. The lowest BCUT2D eigenvalue weighted by molar-refractivity contribution is -0.0643. The Balaban J connectivity index is 0.00000143. The lowest BCUT2D eigenvalue weighted by atomic mass is 10.0. The quantitative estimate of drug-likeness (QED) is 0.113. The van der Waals surface area contributed by atoms with Crippen molar-refractivity contribution in [1.29, 1.82) is 0 Å². The fraction of sp³-hybridized carbons (Fsp3) is 0.750. The molecule has 0 aliphatic rings. The largest absolute Gasteiger partial charge is 0.394 e. The molecule has 11 heteroatoms. The smallest absolute Gasteiger partial charge is 0.334 e. The monoisotopic (exact) mass is 540 g/mol. The second kappa shape index (κ2) is 22.9. The van der Waals surface area contributed by atoms with E-state index in [1.54, 1.807) is 0 Å². The molecule has 9 nitrogen and oxygen atoms in total. The van der Waals surface area contributed by atoms with Crippen LogP contribution in [-0.2, 0) is 26.6 Å². The lowest BCUT2D eigenvalue weighted by Crippen LogP contribution is -2.26. The van der Waals surface area contributed by atoms with Gasteiger partial charge in [-0.3, -0.25) is 0 Å². The van der Waals surface area contributed by atoms with Crippen molar-refractivity contribution < 1.29 is 43.6 Å². The summed E-state index contributed by atoms with van der Waals surface area (Å²) in [6.07, 6.45) is 10.3. The minimum Gasteiger partial charge on any atom is -0.394 e. The summed E-state index contributed by atoms with van der Waals surface area (Å²) in [7, 11) is -5.22. The second-order valence-electron chi connectivity index (χ2n) is 8.60. The second-order valence-corrected chi connectivity index (χ2v) is 10.3. The van der Waals surface area contributed by atoms with Gasteiger partial charge in [-0.1, -0.05) is 69.7 Å². The van der Waals surface area contributed by atoms with E-state index in [2.05, 4.69) is 35.5 Å². The zero-order valence-electron chi connectivity index (χ0n) is 21.3. The van der Waals surface area contributed by atoms with E-state index in [1.165, 1.54) is 50.5 Å². The van der Waals surface area contributed by atoms with Crippen LogP contribution in [0.15, 0.2) is 24.3 Å². The highest BCUT2D eigenvalue weighted by Gasteiger charge is 2.11. The number of aryl methyl sites for hydroxylation is 1. The molecule has 3 atom stereocenters. The first-order chi connectivity index (χ1) is 16.7. The molecule has 0 saturated heterocycles. The average Bonchev–Trinajstić information content (AvgIpc) is 2.81. The molecule has 6 N–H and O–H groups in total. The zero-order valence-corrected chi connectivity index (χ0v) is 23.1. The SMILES string of the molecule is CCCCCCCCCc1ccc(CC(O)COC(C)COC(C)CO)cc1.OP(O)OP(O)O. The molecule has 1 aromatic rings. The van der Waals surface area contributed by atoms with Gasteiger partial charge in [-0.25, -0.2) is 4.31 Å². The standard InChI is InChI=1S/C24H42O4.H4O5P2/c1-4-5-6-7-8-9-10-11-22-12-14-23(15-13-22)16-24(26)19-28-21(3)18-27-20(2)17-25;1-6(2)5-7(3)4/h12-15,20-21,24-26H,4-11,16-19H2,1-3H3;1-4H.